The van der Waals surface area contributed by atoms with Crippen LogP contribution in [0.2, 0.25) is 0 Å². The van der Waals surface area contributed by atoms with Gasteiger partial charge in [-0.3, -0.25) is 5.43 Å². The van der Waals surface area contributed by atoms with Crippen LogP contribution in [0, 0.1) is 0 Å². The minimum Gasteiger partial charge on any atom is -0.356 e. The minimum atomic E-state index is 0.772. The van der Waals surface area contributed by atoms with E-state index in [9.17, 15) is 0 Å². The summed E-state index contributed by atoms with van der Waals surface area (Å²) in [6.45, 7) is 4.24. The van der Waals surface area contributed by atoms with E-state index in [1.165, 1.54) is 38.5 Å². The Hall–Kier alpha value is -2.15. The summed E-state index contributed by atoms with van der Waals surface area (Å²) in [5.41, 5.74) is 3.11. The number of piperidine rings is 2. The van der Waals surface area contributed by atoms with Crippen molar-refractivity contribution in [2.75, 3.05) is 41.4 Å². The van der Waals surface area contributed by atoms with Gasteiger partial charge in [-0.15, -0.1) is 11.3 Å². The lowest BCUT2D eigenvalue weighted by molar-refractivity contribution is 0.561. The molecule has 6 nitrogen and oxygen atoms in total. The van der Waals surface area contributed by atoms with Crippen LogP contribution in [0.5, 0.6) is 0 Å². The molecule has 2 aromatic rings. The maximum atomic E-state index is 4.89. The molecule has 0 aliphatic carbocycles. The SMILES string of the molecule is C(=N\Nc1cc(N2CCCCC2)nc(N2CCCCC2)n1)/c1cccs1. The number of nitrogens with one attached hydrogen (secondary N) is 1. The number of hydrogen-bond acceptors (Lipinski definition) is 7. The second-order valence-corrected chi connectivity index (χ2v) is 7.87. The molecule has 4 rings (SSSR count). The second-order valence-electron chi connectivity index (χ2n) is 6.89. The lowest BCUT2D eigenvalue weighted by Gasteiger charge is -2.31. The van der Waals surface area contributed by atoms with E-state index in [4.69, 9.17) is 9.97 Å². The summed E-state index contributed by atoms with van der Waals surface area (Å²) in [7, 11) is 0. The Morgan fingerprint density at radius 3 is 2.38 bits per heavy atom. The molecule has 0 bridgehead atoms. The van der Waals surface area contributed by atoms with Crippen molar-refractivity contribution >= 4 is 35.1 Å². The van der Waals surface area contributed by atoms with Crippen LogP contribution >= 0.6 is 11.3 Å². The normalized spacial score (nSPS) is 18.5. The van der Waals surface area contributed by atoms with Gasteiger partial charge in [0.2, 0.25) is 5.95 Å². The molecule has 0 unspecified atom stereocenters. The number of rotatable bonds is 5. The van der Waals surface area contributed by atoms with Crippen molar-refractivity contribution in [3.05, 3.63) is 28.5 Å². The number of anilines is 3. The van der Waals surface area contributed by atoms with Crippen molar-refractivity contribution in [1.29, 1.82) is 0 Å². The molecular weight excluding hydrogens is 344 g/mol. The molecule has 0 spiro atoms. The molecule has 1 N–H and O–H groups in total. The highest BCUT2D eigenvalue weighted by Gasteiger charge is 2.19. The van der Waals surface area contributed by atoms with Crippen LogP contribution in [0.25, 0.3) is 0 Å². The van der Waals surface area contributed by atoms with E-state index < -0.39 is 0 Å². The Morgan fingerprint density at radius 2 is 1.69 bits per heavy atom. The van der Waals surface area contributed by atoms with Crippen molar-refractivity contribution in [1.82, 2.24) is 9.97 Å². The van der Waals surface area contributed by atoms with Crippen LogP contribution in [-0.2, 0) is 0 Å². The maximum Gasteiger partial charge on any atom is 0.229 e. The highest BCUT2D eigenvalue weighted by atomic mass is 32.1. The van der Waals surface area contributed by atoms with Crippen LogP contribution < -0.4 is 15.2 Å². The van der Waals surface area contributed by atoms with Gasteiger partial charge in [0, 0.05) is 37.1 Å². The molecule has 0 atom stereocenters. The molecule has 0 aromatic carbocycles. The van der Waals surface area contributed by atoms with Crippen LogP contribution in [-0.4, -0.2) is 42.4 Å². The molecule has 2 aliphatic rings. The molecule has 2 aliphatic heterocycles. The number of nitrogens with zero attached hydrogens (tertiary/aromatic N) is 5. The van der Waals surface area contributed by atoms with Crippen LogP contribution in [0.15, 0.2) is 28.7 Å². The minimum absolute atomic E-state index is 0.772. The van der Waals surface area contributed by atoms with Crippen LogP contribution in [0.1, 0.15) is 43.4 Å². The summed E-state index contributed by atoms with van der Waals surface area (Å²) >= 11 is 1.67. The number of aromatic nitrogens is 2. The third kappa shape index (κ3) is 4.33. The molecule has 0 amide bonds. The highest BCUT2D eigenvalue weighted by Crippen LogP contribution is 2.25. The van der Waals surface area contributed by atoms with Crippen LogP contribution in [0.3, 0.4) is 0 Å². The van der Waals surface area contributed by atoms with Gasteiger partial charge in [0.05, 0.1) is 6.21 Å². The Labute approximate surface area is 159 Å². The largest absolute Gasteiger partial charge is 0.356 e. The Bertz CT molecular complexity index is 681. The van der Waals surface area contributed by atoms with Gasteiger partial charge in [0.15, 0.2) is 5.82 Å². The fourth-order valence-electron chi connectivity index (χ4n) is 3.53. The van der Waals surface area contributed by atoms with Gasteiger partial charge in [0.1, 0.15) is 5.82 Å². The van der Waals surface area contributed by atoms with Crippen molar-refractivity contribution < 1.29 is 0 Å². The second kappa shape index (κ2) is 8.49. The van der Waals surface area contributed by atoms with Gasteiger partial charge in [-0.25, -0.2) is 0 Å². The average molecular weight is 371 g/mol. The zero-order valence-corrected chi connectivity index (χ0v) is 15.9. The summed E-state index contributed by atoms with van der Waals surface area (Å²) in [5.74, 6) is 2.63. The summed E-state index contributed by atoms with van der Waals surface area (Å²) in [6.07, 6.45) is 9.38. The smallest absolute Gasteiger partial charge is 0.229 e. The Morgan fingerprint density at radius 1 is 0.962 bits per heavy atom. The zero-order valence-electron chi connectivity index (χ0n) is 15.1. The van der Waals surface area contributed by atoms with Crippen molar-refractivity contribution in [3.8, 4) is 0 Å². The van der Waals surface area contributed by atoms with E-state index in [2.05, 4.69) is 25.7 Å². The third-order valence-electron chi connectivity index (χ3n) is 4.93. The van der Waals surface area contributed by atoms with E-state index in [1.54, 1.807) is 11.3 Å². The van der Waals surface area contributed by atoms with Gasteiger partial charge in [0.25, 0.3) is 0 Å². The Balaban J connectivity index is 1.56. The summed E-state index contributed by atoms with van der Waals surface area (Å²) in [6, 6.07) is 6.11. The first kappa shape index (κ1) is 17.3. The molecule has 0 saturated carbocycles. The molecule has 0 radical (unpaired) electrons. The molecule has 2 fully saturated rings. The van der Waals surface area contributed by atoms with Crippen molar-refractivity contribution in [2.45, 2.75) is 38.5 Å². The first-order valence-corrected chi connectivity index (χ1v) is 10.5. The van der Waals surface area contributed by atoms with Gasteiger partial charge in [-0.1, -0.05) is 6.07 Å². The van der Waals surface area contributed by atoms with E-state index in [-0.39, 0.29) is 0 Å². The predicted molar refractivity (Wildman–Crippen MR) is 110 cm³/mol. The van der Waals surface area contributed by atoms with Crippen molar-refractivity contribution in [2.24, 2.45) is 5.10 Å². The standard InChI is InChI=1S/C19H26N6S/c1-3-9-24(10-4-1)18-14-17(23-20-15-16-8-7-13-26-16)21-19(22-18)25-11-5-2-6-12-25/h7-8,13-15H,1-6,9-12H2,(H,21,22,23)/b20-15+. The van der Waals surface area contributed by atoms with Gasteiger partial charge in [-0.2, -0.15) is 15.1 Å². The van der Waals surface area contributed by atoms with Crippen molar-refractivity contribution in [3.63, 3.8) is 0 Å². The topological polar surface area (TPSA) is 56.7 Å². The zero-order chi connectivity index (χ0) is 17.6. The molecule has 2 aromatic heterocycles. The van der Waals surface area contributed by atoms with Gasteiger partial charge >= 0.3 is 0 Å². The lowest BCUT2D eigenvalue weighted by Crippen LogP contribution is -2.33. The first-order chi connectivity index (χ1) is 12.9. The summed E-state index contributed by atoms with van der Waals surface area (Å²) in [5, 5.41) is 6.42. The van der Waals surface area contributed by atoms with E-state index in [1.807, 2.05) is 24.4 Å². The quantitative estimate of drug-likeness (QED) is 0.638. The summed E-state index contributed by atoms with van der Waals surface area (Å²) in [4.78, 5) is 15.4. The monoisotopic (exact) mass is 370 g/mol. The van der Waals surface area contributed by atoms with Gasteiger partial charge in [-0.05, 0) is 50.0 Å². The molecule has 138 valence electrons. The molecule has 26 heavy (non-hydrogen) atoms. The molecule has 7 heteroatoms. The van der Waals surface area contributed by atoms with E-state index >= 15 is 0 Å². The fourth-order valence-corrected chi connectivity index (χ4v) is 4.11. The molecular formula is C19H26N6S. The van der Waals surface area contributed by atoms with E-state index in [0.717, 1.165) is 48.6 Å². The van der Waals surface area contributed by atoms with Crippen LogP contribution in [0.4, 0.5) is 17.6 Å². The fraction of sp³-hybridized carbons (Fsp3) is 0.526. The maximum absolute atomic E-state index is 4.89. The third-order valence-corrected chi connectivity index (χ3v) is 5.74. The number of thiophene rings is 1. The summed E-state index contributed by atoms with van der Waals surface area (Å²) < 4.78 is 0. The molecule has 2 saturated heterocycles. The number of hydrazone groups is 1. The lowest BCUT2D eigenvalue weighted by atomic mass is 10.1. The average Bonchev–Trinajstić information content (AvgIpc) is 3.23. The molecule has 4 heterocycles. The highest BCUT2D eigenvalue weighted by molar-refractivity contribution is 7.11. The number of hydrogen-bond donors (Lipinski definition) is 1. The Kier molecular flexibility index (Phi) is 5.64. The van der Waals surface area contributed by atoms with E-state index in [0.29, 0.717) is 0 Å². The van der Waals surface area contributed by atoms with Gasteiger partial charge < -0.3 is 9.80 Å². The first-order valence-electron chi connectivity index (χ1n) is 9.60. The predicted octanol–water partition coefficient (Wildman–Crippen LogP) is 3.96.